The molecule has 0 fully saturated rings. The highest BCUT2D eigenvalue weighted by molar-refractivity contribution is 6.15. The highest BCUT2D eigenvalue weighted by atomic mass is 14.5. The lowest BCUT2D eigenvalue weighted by Crippen LogP contribution is -2.29. The minimum atomic E-state index is 0.326. The summed E-state index contributed by atoms with van der Waals surface area (Å²) in [7, 11) is 0. The molecule has 0 amide bonds. The number of allylic oxidation sites excluding steroid dienone is 6. The predicted octanol–water partition coefficient (Wildman–Crippen LogP) is 10.2. The lowest BCUT2D eigenvalue weighted by Gasteiger charge is -2.39. The van der Waals surface area contributed by atoms with Crippen LogP contribution in [0.25, 0.3) is 44.3 Å². The molecule has 0 spiro atoms. The van der Waals surface area contributed by atoms with Gasteiger partial charge in [0.1, 0.15) is 0 Å². The van der Waals surface area contributed by atoms with Crippen molar-refractivity contribution in [2.24, 2.45) is 23.5 Å². The number of nitrogens with two attached hydrogens (primary N) is 1. The molecule has 2 N–H and O–H groups in total. The molecule has 4 unspecified atom stereocenters. The molecule has 0 heterocycles. The standard InChI is InChI=1S/C41H37N/c1-2-29-23-24-39(34-18-7-6-17-33(29)34)41-37-21-10-8-19-35(37)40(36-20-9-11-22-38(36)41)31-16-12-15-30(26-31)32(27-42)25-28-13-4-3-5-14-28/h3-26,29,33-34,39H,2,27,42H2,1H3/b32-25-. The third-order valence-electron chi connectivity index (χ3n) is 9.36. The third-order valence-corrected chi connectivity index (χ3v) is 9.36. The second-order valence-corrected chi connectivity index (χ2v) is 11.7. The first-order valence-electron chi connectivity index (χ1n) is 15.3. The summed E-state index contributed by atoms with van der Waals surface area (Å²) in [4.78, 5) is 0. The van der Waals surface area contributed by atoms with Gasteiger partial charge in [-0.1, -0.05) is 140 Å². The van der Waals surface area contributed by atoms with E-state index in [1.54, 1.807) is 0 Å². The van der Waals surface area contributed by atoms with Crippen molar-refractivity contribution >= 4 is 33.2 Å². The van der Waals surface area contributed by atoms with Gasteiger partial charge in [-0.15, -0.1) is 0 Å². The molecule has 4 atom stereocenters. The van der Waals surface area contributed by atoms with E-state index in [0.29, 0.717) is 30.2 Å². The zero-order valence-corrected chi connectivity index (χ0v) is 24.2. The zero-order valence-electron chi connectivity index (χ0n) is 24.2. The minimum Gasteiger partial charge on any atom is -0.326 e. The Balaban J connectivity index is 1.44. The minimum absolute atomic E-state index is 0.326. The molecule has 2 aliphatic carbocycles. The van der Waals surface area contributed by atoms with Crippen molar-refractivity contribution < 1.29 is 0 Å². The van der Waals surface area contributed by atoms with Gasteiger partial charge in [0.25, 0.3) is 0 Å². The van der Waals surface area contributed by atoms with Crippen LogP contribution in [0.3, 0.4) is 0 Å². The first-order valence-corrected chi connectivity index (χ1v) is 15.3. The van der Waals surface area contributed by atoms with Crippen molar-refractivity contribution in [2.75, 3.05) is 6.54 Å². The Morgan fingerprint density at radius 3 is 1.98 bits per heavy atom. The van der Waals surface area contributed by atoms with Crippen LogP contribution < -0.4 is 5.73 Å². The summed E-state index contributed by atoms with van der Waals surface area (Å²) in [6.45, 7) is 2.80. The molecule has 7 rings (SSSR count). The van der Waals surface area contributed by atoms with Gasteiger partial charge < -0.3 is 5.73 Å². The average Bonchev–Trinajstić information content (AvgIpc) is 3.06. The van der Waals surface area contributed by atoms with Crippen molar-refractivity contribution in [1.82, 2.24) is 0 Å². The van der Waals surface area contributed by atoms with Crippen molar-refractivity contribution in [1.29, 1.82) is 0 Å². The number of hydrogen-bond acceptors (Lipinski definition) is 1. The molecule has 0 bridgehead atoms. The van der Waals surface area contributed by atoms with Crippen LogP contribution in [0, 0.1) is 17.8 Å². The molecule has 0 radical (unpaired) electrons. The van der Waals surface area contributed by atoms with E-state index in [1.807, 2.05) is 6.07 Å². The maximum absolute atomic E-state index is 6.31. The first-order chi connectivity index (χ1) is 20.8. The van der Waals surface area contributed by atoms with E-state index in [0.717, 1.165) is 5.57 Å². The monoisotopic (exact) mass is 543 g/mol. The summed E-state index contributed by atoms with van der Waals surface area (Å²) in [5.74, 6) is 1.91. The highest BCUT2D eigenvalue weighted by Gasteiger charge is 2.36. The molecule has 1 nitrogen and oxygen atoms in total. The Kier molecular flexibility index (Phi) is 7.20. The molecule has 0 saturated carbocycles. The van der Waals surface area contributed by atoms with Crippen LogP contribution >= 0.6 is 0 Å². The fourth-order valence-electron chi connectivity index (χ4n) is 7.36. The summed E-state index contributed by atoms with van der Waals surface area (Å²) in [6.07, 6.45) is 17.8. The number of hydrogen-bond donors (Lipinski definition) is 1. The van der Waals surface area contributed by atoms with E-state index >= 15 is 0 Å². The Morgan fingerprint density at radius 1 is 0.667 bits per heavy atom. The van der Waals surface area contributed by atoms with E-state index in [2.05, 4.69) is 147 Å². The molecular weight excluding hydrogens is 506 g/mol. The second kappa shape index (κ2) is 11.4. The van der Waals surface area contributed by atoms with E-state index in [-0.39, 0.29) is 0 Å². The molecule has 0 saturated heterocycles. The topological polar surface area (TPSA) is 26.0 Å². The second-order valence-electron chi connectivity index (χ2n) is 11.7. The summed E-state index contributed by atoms with van der Waals surface area (Å²) in [6, 6.07) is 37.5. The Labute approximate surface area is 249 Å². The largest absolute Gasteiger partial charge is 0.326 e. The number of rotatable bonds is 6. The first kappa shape index (κ1) is 26.4. The molecule has 1 heteroatoms. The van der Waals surface area contributed by atoms with Crippen molar-refractivity contribution in [3.05, 3.63) is 156 Å². The lowest BCUT2D eigenvalue weighted by atomic mass is 9.65. The zero-order chi connectivity index (χ0) is 28.5. The summed E-state index contributed by atoms with van der Waals surface area (Å²) in [5, 5.41) is 5.31. The van der Waals surface area contributed by atoms with Gasteiger partial charge in [-0.3, -0.25) is 0 Å². The van der Waals surface area contributed by atoms with Crippen molar-refractivity contribution in [2.45, 2.75) is 19.3 Å². The van der Waals surface area contributed by atoms with Gasteiger partial charge >= 0.3 is 0 Å². The molecule has 42 heavy (non-hydrogen) atoms. The lowest BCUT2D eigenvalue weighted by molar-refractivity contribution is 0.320. The molecule has 2 aliphatic rings. The van der Waals surface area contributed by atoms with Gasteiger partial charge in [-0.2, -0.15) is 0 Å². The Bertz CT molecular complexity index is 1810. The van der Waals surface area contributed by atoms with Crippen LogP contribution in [-0.2, 0) is 0 Å². The van der Waals surface area contributed by atoms with Gasteiger partial charge in [0.05, 0.1) is 0 Å². The molecule has 5 aromatic carbocycles. The van der Waals surface area contributed by atoms with Gasteiger partial charge in [-0.25, -0.2) is 0 Å². The van der Waals surface area contributed by atoms with E-state index in [1.165, 1.54) is 55.8 Å². The maximum Gasteiger partial charge on any atom is 0.0184 e. The number of benzene rings is 5. The molecule has 206 valence electrons. The van der Waals surface area contributed by atoms with Gasteiger partial charge in [0.15, 0.2) is 0 Å². The van der Waals surface area contributed by atoms with Crippen LogP contribution in [0.2, 0.25) is 0 Å². The SMILES string of the molecule is CCC1C=CC(c2c3ccccc3c(-c3cccc(/C(=C\c4ccccc4)CN)c3)c3ccccc23)C2C=CC=CC12. The van der Waals surface area contributed by atoms with Gasteiger partial charge in [0, 0.05) is 12.5 Å². The Hall–Kier alpha value is -4.46. The normalized spacial score (nSPS) is 21.6. The van der Waals surface area contributed by atoms with E-state index in [9.17, 15) is 0 Å². The smallest absolute Gasteiger partial charge is 0.0184 e. The predicted molar refractivity (Wildman–Crippen MR) is 181 cm³/mol. The van der Waals surface area contributed by atoms with Crippen molar-refractivity contribution in [3.8, 4) is 11.1 Å². The quantitative estimate of drug-likeness (QED) is 0.129. The third kappa shape index (κ3) is 4.65. The fraction of sp³-hybridized carbons (Fsp3) is 0.171. The van der Waals surface area contributed by atoms with Crippen LogP contribution in [0.15, 0.2) is 140 Å². The van der Waals surface area contributed by atoms with Crippen LogP contribution in [0.1, 0.15) is 36.0 Å². The molecule has 0 aliphatic heterocycles. The average molecular weight is 544 g/mol. The summed E-state index contributed by atoms with van der Waals surface area (Å²) in [5.41, 5.74) is 13.8. The molecule has 5 aromatic rings. The number of fused-ring (bicyclic) bond motifs is 3. The van der Waals surface area contributed by atoms with Gasteiger partial charge in [-0.05, 0) is 91.3 Å². The van der Waals surface area contributed by atoms with Gasteiger partial charge in [0.2, 0.25) is 0 Å². The fourth-order valence-corrected chi connectivity index (χ4v) is 7.36. The van der Waals surface area contributed by atoms with Crippen LogP contribution in [0.4, 0.5) is 0 Å². The molecular formula is C41H37N. The molecule has 0 aromatic heterocycles. The Morgan fingerprint density at radius 2 is 1.31 bits per heavy atom. The summed E-state index contributed by atoms with van der Waals surface area (Å²) < 4.78 is 0. The maximum atomic E-state index is 6.31. The van der Waals surface area contributed by atoms with Crippen LogP contribution in [-0.4, -0.2) is 6.54 Å². The van der Waals surface area contributed by atoms with Crippen molar-refractivity contribution in [3.63, 3.8) is 0 Å². The summed E-state index contributed by atoms with van der Waals surface area (Å²) >= 11 is 0. The highest BCUT2D eigenvalue weighted by Crippen LogP contribution is 2.49. The van der Waals surface area contributed by atoms with E-state index in [4.69, 9.17) is 5.73 Å². The van der Waals surface area contributed by atoms with E-state index < -0.39 is 0 Å². The van der Waals surface area contributed by atoms with Crippen LogP contribution in [0.5, 0.6) is 0 Å².